The van der Waals surface area contributed by atoms with Crippen LogP contribution >= 0.6 is 11.3 Å². The summed E-state index contributed by atoms with van der Waals surface area (Å²) in [5.74, 6) is -0.746. The number of ether oxygens (including phenoxy) is 1. The van der Waals surface area contributed by atoms with Gasteiger partial charge < -0.3 is 9.72 Å². The van der Waals surface area contributed by atoms with E-state index in [4.69, 9.17) is 4.74 Å². The predicted molar refractivity (Wildman–Crippen MR) is 128 cm³/mol. The Hall–Kier alpha value is -3.27. The second-order valence-electron chi connectivity index (χ2n) is 7.55. The summed E-state index contributed by atoms with van der Waals surface area (Å²) >= 11 is 1.41. The van der Waals surface area contributed by atoms with Gasteiger partial charge in [0.1, 0.15) is 0 Å². The summed E-state index contributed by atoms with van der Waals surface area (Å²) in [7, 11) is -2.95. The Morgan fingerprint density at radius 2 is 1.85 bits per heavy atom. The number of aromatic amines is 1. The SMILES string of the molecule is COC(=O)c1ccccc1S(=O)(=O)N(Cc1cccs1)Cc1cc2ccc(C)cc2[nH]c1=O. The quantitative estimate of drug-likeness (QED) is 0.401. The van der Waals surface area contributed by atoms with Crippen LogP contribution in [-0.2, 0) is 27.8 Å². The number of esters is 1. The molecule has 0 radical (unpaired) electrons. The Labute approximate surface area is 195 Å². The van der Waals surface area contributed by atoms with Crippen molar-refractivity contribution in [2.24, 2.45) is 0 Å². The van der Waals surface area contributed by atoms with Crippen molar-refractivity contribution in [1.82, 2.24) is 9.29 Å². The number of rotatable bonds is 7. The highest BCUT2D eigenvalue weighted by atomic mass is 32.2. The summed E-state index contributed by atoms with van der Waals surface area (Å²) < 4.78 is 33.5. The molecular weight excluding hydrogens is 460 g/mol. The maximum Gasteiger partial charge on any atom is 0.339 e. The molecule has 0 aliphatic carbocycles. The van der Waals surface area contributed by atoms with Crippen LogP contribution in [0.1, 0.15) is 26.4 Å². The van der Waals surface area contributed by atoms with Crippen LogP contribution in [-0.4, -0.2) is 30.8 Å². The third-order valence-electron chi connectivity index (χ3n) is 5.25. The van der Waals surface area contributed by atoms with Crippen LogP contribution in [0, 0.1) is 6.92 Å². The van der Waals surface area contributed by atoms with Crippen molar-refractivity contribution < 1.29 is 17.9 Å². The largest absolute Gasteiger partial charge is 0.465 e. The number of aryl methyl sites for hydroxylation is 1. The number of sulfonamides is 1. The molecule has 2 heterocycles. The summed E-state index contributed by atoms with van der Waals surface area (Å²) in [5, 5.41) is 2.66. The van der Waals surface area contributed by atoms with E-state index in [0.717, 1.165) is 15.8 Å². The Morgan fingerprint density at radius 3 is 2.58 bits per heavy atom. The molecule has 0 unspecified atom stereocenters. The number of benzene rings is 2. The molecule has 9 heteroatoms. The highest BCUT2D eigenvalue weighted by Crippen LogP contribution is 2.26. The van der Waals surface area contributed by atoms with E-state index in [-0.39, 0.29) is 29.1 Å². The minimum atomic E-state index is -4.15. The number of carbonyl (C=O) groups excluding carboxylic acids is 1. The number of methoxy groups -OCH3 is 1. The second kappa shape index (κ2) is 9.30. The average Bonchev–Trinajstić information content (AvgIpc) is 3.32. The topological polar surface area (TPSA) is 96.5 Å². The molecule has 0 atom stereocenters. The smallest absolute Gasteiger partial charge is 0.339 e. The molecule has 0 amide bonds. The molecule has 1 N–H and O–H groups in total. The van der Waals surface area contributed by atoms with E-state index in [1.54, 1.807) is 18.2 Å². The van der Waals surface area contributed by atoms with E-state index in [1.807, 2.05) is 42.6 Å². The number of nitrogens with one attached hydrogen (secondary N) is 1. The molecule has 33 heavy (non-hydrogen) atoms. The van der Waals surface area contributed by atoms with Crippen LogP contribution in [0.3, 0.4) is 0 Å². The van der Waals surface area contributed by atoms with Gasteiger partial charge in [-0.3, -0.25) is 4.79 Å². The molecule has 0 spiro atoms. The molecule has 0 fully saturated rings. The first-order chi connectivity index (χ1) is 15.8. The average molecular weight is 483 g/mol. The fourth-order valence-corrected chi connectivity index (χ4v) is 5.96. The lowest BCUT2D eigenvalue weighted by Crippen LogP contribution is -2.33. The maximum absolute atomic E-state index is 13.7. The van der Waals surface area contributed by atoms with Crippen molar-refractivity contribution in [1.29, 1.82) is 0 Å². The first-order valence-corrected chi connectivity index (χ1v) is 12.4. The number of hydrogen-bond acceptors (Lipinski definition) is 6. The summed E-state index contributed by atoms with van der Waals surface area (Å²) in [5.41, 5.74) is 1.58. The maximum atomic E-state index is 13.7. The Morgan fingerprint density at radius 1 is 1.06 bits per heavy atom. The van der Waals surface area contributed by atoms with Gasteiger partial charge in [0.2, 0.25) is 10.0 Å². The van der Waals surface area contributed by atoms with Crippen LogP contribution in [0.5, 0.6) is 0 Å². The molecule has 170 valence electrons. The standard InChI is InChI=1S/C24H22N2O5S2/c1-16-9-10-17-13-18(23(27)25-21(17)12-16)14-26(15-19-6-5-11-32-19)33(29,30)22-8-4-3-7-20(22)24(28)31-2/h3-13H,14-15H2,1-2H3,(H,25,27). The fourth-order valence-electron chi connectivity index (χ4n) is 3.58. The molecule has 4 rings (SSSR count). The molecule has 4 aromatic rings. The number of aromatic nitrogens is 1. The van der Waals surface area contributed by atoms with Crippen molar-refractivity contribution in [2.75, 3.05) is 7.11 Å². The summed E-state index contributed by atoms with van der Waals surface area (Å²) in [6, 6.07) is 16.9. The first-order valence-electron chi connectivity index (χ1n) is 10.1. The van der Waals surface area contributed by atoms with Crippen LogP contribution in [0.2, 0.25) is 0 Å². The van der Waals surface area contributed by atoms with E-state index >= 15 is 0 Å². The summed E-state index contributed by atoms with van der Waals surface area (Å²) in [4.78, 5) is 28.6. The van der Waals surface area contributed by atoms with Crippen LogP contribution in [0.15, 0.2) is 75.7 Å². The normalized spacial score (nSPS) is 11.7. The van der Waals surface area contributed by atoms with Crippen LogP contribution < -0.4 is 5.56 Å². The number of carbonyl (C=O) groups is 1. The first kappa shape index (κ1) is 22.9. The number of pyridine rings is 1. The number of H-pyrrole nitrogens is 1. The van der Waals surface area contributed by atoms with Crippen molar-refractivity contribution >= 4 is 38.2 Å². The zero-order valence-electron chi connectivity index (χ0n) is 18.1. The molecule has 0 saturated carbocycles. The summed E-state index contributed by atoms with van der Waals surface area (Å²) in [6.45, 7) is 1.83. The van der Waals surface area contributed by atoms with Gasteiger partial charge in [0.05, 0.1) is 17.6 Å². The van der Waals surface area contributed by atoms with E-state index in [9.17, 15) is 18.0 Å². The lowest BCUT2D eigenvalue weighted by Gasteiger charge is -2.23. The highest BCUT2D eigenvalue weighted by molar-refractivity contribution is 7.89. The Balaban J connectivity index is 1.81. The molecule has 2 aromatic heterocycles. The lowest BCUT2D eigenvalue weighted by atomic mass is 10.1. The van der Waals surface area contributed by atoms with Gasteiger partial charge in [-0.15, -0.1) is 11.3 Å². The fraction of sp³-hybridized carbons (Fsp3) is 0.167. The van der Waals surface area contributed by atoms with Gasteiger partial charge in [-0.25, -0.2) is 13.2 Å². The van der Waals surface area contributed by atoms with E-state index in [2.05, 4.69) is 4.98 Å². The van der Waals surface area contributed by atoms with Crippen molar-refractivity contribution in [3.05, 3.63) is 98.0 Å². The Bertz CT molecular complexity index is 1470. The lowest BCUT2D eigenvalue weighted by molar-refractivity contribution is 0.0596. The van der Waals surface area contributed by atoms with Crippen molar-refractivity contribution in [3.63, 3.8) is 0 Å². The van der Waals surface area contributed by atoms with Gasteiger partial charge in [-0.05, 0) is 53.6 Å². The number of hydrogen-bond donors (Lipinski definition) is 1. The van der Waals surface area contributed by atoms with Gasteiger partial charge in [-0.1, -0.05) is 30.3 Å². The third kappa shape index (κ3) is 4.75. The molecule has 7 nitrogen and oxygen atoms in total. The zero-order valence-corrected chi connectivity index (χ0v) is 19.7. The van der Waals surface area contributed by atoms with Gasteiger partial charge in [-0.2, -0.15) is 4.31 Å². The van der Waals surface area contributed by atoms with E-state index < -0.39 is 16.0 Å². The van der Waals surface area contributed by atoms with Gasteiger partial charge in [0.25, 0.3) is 5.56 Å². The minimum absolute atomic E-state index is 0.0564. The number of thiophene rings is 1. The molecular formula is C24H22N2O5S2. The third-order valence-corrected chi connectivity index (χ3v) is 7.96. The van der Waals surface area contributed by atoms with Crippen LogP contribution in [0.25, 0.3) is 10.9 Å². The molecule has 2 aromatic carbocycles. The van der Waals surface area contributed by atoms with E-state index in [1.165, 1.54) is 34.9 Å². The highest BCUT2D eigenvalue weighted by Gasteiger charge is 2.30. The minimum Gasteiger partial charge on any atom is -0.465 e. The Kier molecular flexibility index (Phi) is 6.46. The zero-order chi connectivity index (χ0) is 23.6. The second-order valence-corrected chi connectivity index (χ2v) is 10.5. The monoisotopic (exact) mass is 482 g/mol. The van der Waals surface area contributed by atoms with Gasteiger partial charge in [0.15, 0.2) is 0 Å². The summed E-state index contributed by atoms with van der Waals surface area (Å²) in [6.07, 6.45) is 0. The van der Waals surface area contributed by atoms with Gasteiger partial charge >= 0.3 is 5.97 Å². The number of fused-ring (bicyclic) bond motifs is 1. The van der Waals surface area contributed by atoms with Crippen molar-refractivity contribution in [3.8, 4) is 0 Å². The molecule has 0 bridgehead atoms. The molecule has 0 aliphatic heterocycles. The number of nitrogens with zero attached hydrogens (tertiary/aromatic N) is 1. The predicted octanol–water partition coefficient (Wildman–Crippen LogP) is 4.08. The van der Waals surface area contributed by atoms with E-state index in [0.29, 0.717) is 11.1 Å². The van der Waals surface area contributed by atoms with Crippen molar-refractivity contribution in [2.45, 2.75) is 24.9 Å². The molecule has 0 saturated heterocycles. The van der Waals surface area contributed by atoms with Gasteiger partial charge in [0, 0.05) is 29.0 Å². The van der Waals surface area contributed by atoms with Crippen LogP contribution in [0.4, 0.5) is 0 Å². The molecule has 0 aliphatic rings.